The van der Waals surface area contributed by atoms with Gasteiger partial charge in [0.15, 0.2) is 10.2 Å². The van der Waals surface area contributed by atoms with E-state index < -0.39 is 10.8 Å². The van der Waals surface area contributed by atoms with Crippen molar-refractivity contribution in [2.45, 2.75) is 0 Å². The quantitative estimate of drug-likeness (QED) is 0.274. The Balaban J connectivity index is 1.48. The Morgan fingerprint density at radius 1 is 1.21 bits per heavy atom. The van der Waals surface area contributed by atoms with Crippen molar-refractivity contribution in [3.63, 3.8) is 0 Å². The number of nitrogens with one attached hydrogen (secondary N) is 2. The van der Waals surface area contributed by atoms with Gasteiger partial charge in [-0.1, -0.05) is 28.1 Å². The van der Waals surface area contributed by atoms with Crippen molar-refractivity contribution in [1.82, 2.24) is 10.3 Å². The molecule has 2 N–H and O–H groups in total. The molecule has 0 aliphatic carbocycles. The lowest BCUT2D eigenvalue weighted by molar-refractivity contribution is -0.384. The Morgan fingerprint density at radius 2 is 1.94 bits per heavy atom. The number of hydrogen-bond acceptors (Lipinski definition) is 8. The fraction of sp³-hybridized carbons (Fsp3) is 0.190. The summed E-state index contributed by atoms with van der Waals surface area (Å²) in [5.41, 5.74) is 2.32. The van der Waals surface area contributed by atoms with E-state index >= 15 is 0 Å². The number of hydrogen-bond donors (Lipinski definition) is 2. The summed E-state index contributed by atoms with van der Waals surface area (Å²) in [4.78, 5) is 30.2. The number of amides is 1. The van der Waals surface area contributed by atoms with E-state index in [0.717, 1.165) is 15.7 Å². The number of rotatable bonds is 5. The first-order valence-electron chi connectivity index (χ1n) is 9.85. The average Bonchev–Trinajstić information content (AvgIpc) is 3.27. The molecule has 1 aliphatic rings. The number of halogens is 1. The zero-order valence-corrected chi connectivity index (χ0v) is 20.3. The number of non-ortho nitro benzene ring substituents is 1. The molecule has 0 unspecified atom stereocenters. The second kappa shape index (κ2) is 10.3. The number of anilines is 2. The number of aromatic nitrogens is 1. The third kappa shape index (κ3) is 5.71. The molecular weight excluding hydrogens is 530 g/mol. The minimum atomic E-state index is -0.539. The molecule has 2 heterocycles. The Kier molecular flexibility index (Phi) is 7.28. The lowest BCUT2D eigenvalue weighted by atomic mass is 10.1. The summed E-state index contributed by atoms with van der Waals surface area (Å²) in [5, 5.41) is 19.2. The monoisotopic (exact) mass is 547 g/mol. The maximum Gasteiger partial charge on any atom is 0.270 e. The van der Waals surface area contributed by atoms with Crippen molar-refractivity contribution < 1.29 is 14.5 Å². The third-order valence-corrected chi connectivity index (χ3v) is 6.37. The van der Waals surface area contributed by atoms with Gasteiger partial charge in [0.1, 0.15) is 0 Å². The fourth-order valence-corrected chi connectivity index (χ4v) is 4.53. The van der Waals surface area contributed by atoms with Crippen LogP contribution in [0, 0.1) is 10.1 Å². The Labute approximate surface area is 207 Å². The van der Waals surface area contributed by atoms with Gasteiger partial charge in [-0.3, -0.25) is 20.2 Å². The van der Waals surface area contributed by atoms with Crippen molar-refractivity contribution >= 4 is 67.0 Å². The highest BCUT2D eigenvalue weighted by Gasteiger charge is 2.23. The first-order chi connectivity index (χ1) is 15.9. The molecule has 1 aromatic heterocycles. The average molecular weight is 548 g/mol. The Hall–Kier alpha value is -2.93. The topological polar surface area (TPSA) is 110 Å². The molecule has 33 heavy (non-hydrogen) atoms. The molecule has 0 radical (unpaired) electrons. The molecule has 1 amide bonds. The second-order valence-corrected chi connectivity index (χ2v) is 9.19. The lowest BCUT2D eigenvalue weighted by Gasteiger charge is -2.30. The summed E-state index contributed by atoms with van der Waals surface area (Å²) in [6, 6.07) is 12.0. The number of morpholine rings is 1. The summed E-state index contributed by atoms with van der Waals surface area (Å²) in [6.45, 7) is 2.20. The van der Waals surface area contributed by atoms with Gasteiger partial charge >= 0.3 is 0 Å². The van der Waals surface area contributed by atoms with Crippen molar-refractivity contribution in [2.75, 3.05) is 36.5 Å². The van der Waals surface area contributed by atoms with E-state index in [1.165, 1.54) is 23.5 Å². The normalized spacial score (nSPS) is 13.4. The minimum absolute atomic E-state index is 0.0520. The predicted octanol–water partition coefficient (Wildman–Crippen LogP) is 4.44. The molecule has 2 aromatic carbocycles. The van der Waals surface area contributed by atoms with E-state index in [1.54, 1.807) is 6.07 Å². The van der Waals surface area contributed by atoms with Crippen LogP contribution >= 0.6 is 39.5 Å². The van der Waals surface area contributed by atoms with Gasteiger partial charge in [0.25, 0.3) is 11.6 Å². The molecule has 170 valence electrons. The number of nitrogens with zero attached hydrogens (tertiary/aromatic N) is 3. The molecule has 1 saturated heterocycles. The molecule has 4 rings (SSSR count). The van der Waals surface area contributed by atoms with Crippen LogP contribution in [0.3, 0.4) is 0 Å². The lowest BCUT2D eigenvalue weighted by Crippen LogP contribution is -2.39. The molecule has 0 bridgehead atoms. The van der Waals surface area contributed by atoms with Gasteiger partial charge in [0.2, 0.25) is 0 Å². The van der Waals surface area contributed by atoms with Crippen LogP contribution in [-0.4, -0.2) is 47.2 Å². The molecule has 1 aliphatic heterocycles. The van der Waals surface area contributed by atoms with E-state index in [1.807, 2.05) is 34.5 Å². The summed E-state index contributed by atoms with van der Waals surface area (Å²) in [7, 11) is 0. The highest BCUT2D eigenvalue weighted by molar-refractivity contribution is 9.10. The van der Waals surface area contributed by atoms with Crippen LogP contribution in [-0.2, 0) is 4.74 Å². The number of ether oxygens (including phenoxy) is 1. The van der Waals surface area contributed by atoms with Gasteiger partial charge in [-0.25, -0.2) is 4.98 Å². The van der Waals surface area contributed by atoms with Crippen molar-refractivity contribution in [3.8, 4) is 11.3 Å². The first-order valence-corrected chi connectivity index (χ1v) is 11.9. The van der Waals surface area contributed by atoms with Crippen molar-refractivity contribution in [3.05, 3.63) is 68.0 Å². The van der Waals surface area contributed by atoms with Gasteiger partial charge in [0.05, 0.1) is 35.1 Å². The third-order valence-electron chi connectivity index (χ3n) is 4.88. The molecule has 12 heteroatoms. The van der Waals surface area contributed by atoms with Crippen LogP contribution in [0.5, 0.6) is 0 Å². The standard InChI is InChI=1S/C21H18BrN5O4S2/c22-14-3-1-13(2-4-14)17-12-33-21(23-17)25-20(32)24-19(28)16-11-15(27(29)30)5-6-18(16)26-7-9-31-10-8-26/h1-6,11-12H,7-10H2,(H2,23,24,25,28,32). The number of benzene rings is 2. The van der Waals surface area contributed by atoms with Gasteiger partial charge in [-0.2, -0.15) is 0 Å². The van der Waals surface area contributed by atoms with Gasteiger partial charge < -0.3 is 15.0 Å². The number of thiazole rings is 1. The summed E-state index contributed by atoms with van der Waals surface area (Å²) in [6.07, 6.45) is 0. The van der Waals surface area contributed by atoms with E-state index in [2.05, 4.69) is 31.5 Å². The van der Waals surface area contributed by atoms with Crippen LogP contribution < -0.4 is 15.5 Å². The minimum Gasteiger partial charge on any atom is -0.378 e. The number of carbonyl (C=O) groups is 1. The van der Waals surface area contributed by atoms with E-state index in [9.17, 15) is 14.9 Å². The van der Waals surface area contributed by atoms with Gasteiger partial charge in [-0.15, -0.1) is 11.3 Å². The number of nitro benzene ring substituents is 1. The van der Waals surface area contributed by atoms with Crippen LogP contribution in [0.25, 0.3) is 11.3 Å². The van der Waals surface area contributed by atoms with Crippen molar-refractivity contribution in [1.29, 1.82) is 0 Å². The molecule has 9 nitrogen and oxygen atoms in total. The molecule has 0 spiro atoms. The van der Waals surface area contributed by atoms with E-state index in [4.69, 9.17) is 17.0 Å². The zero-order valence-electron chi connectivity index (χ0n) is 17.1. The highest BCUT2D eigenvalue weighted by atomic mass is 79.9. The molecule has 0 saturated carbocycles. The van der Waals surface area contributed by atoms with Crippen molar-refractivity contribution in [2.24, 2.45) is 0 Å². The maximum absolute atomic E-state index is 13.0. The van der Waals surface area contributed by atoms with Gasteiger partial charge in [0, 0.05) is 40.6 Å². The van der Waals surface area contributed by atoms with Crippen LogP contribution in [0.15, 0.2) is 52.3 Å². The Morgan fingerprint density at radius 3 is 2.64 bits per heavy atom. The summed E-state index contributed by atoms with van der Waals surface area (Å²) < 4.78 is 6.34. The van der Waals surface area contributed by atoms with Crippen LogP contribution in [0.2, 0.25) is 0 Å². The van der Waals surface area contributed by atoms with Crippen LogP contribution in [0.4, 0.5) is 16.5 Å². The number of carbonyl (C=O) groups excluding carboxylic acids is 1. The van der Waals surface area contributed by atoms with E-state index in [-0.39, 0.29) is 16.4 Å². The Bertz CT molecular complexity index is 1200. The summed E-state index contributed by atoms with van der Waals surface area (Å²) in [5.74, 6) is -0.539. The second-order valence-electron chi connectivity index (χ2n) is 7.01. The number of nitro groups is 1. The predicted molar refractivity (Wildman–Crippen MR) is 135 cm³/mol. The molecule has 1 fully saturated rings. The van der Waals surface area contributed by atoms with E-state index in [0.29, 0.717) is 37.1 Å². The molecule has 0 atom stereocenters. The van der Waals surface area contributed by atoms with Gasteiger partial charge in [-0.05, 0) is 30.4 Å². The largest absolute Gasteiger partial charge is 0.378 e. The van der Waals surface area contributed by atoms with Crippen LogP contribution in [0.1, 0.15) is 10.4 Å². The highest BCUT2D eigenvalue weighted by Crippen LogP contribution is 2.28. The SMILES string of the molecule is O=C(NC(=S)Nc1nc(-c2ccc(Br)cc2)cs1)c1cc([N+](=O)[O-])ccc1N1CCOCC1. The summed E-state index contributed by atoms with van der Waals surface area (Å²) >= 11 is 10.0. The first kappa shape index (κ1) is 23.2. The fourth-order valence-electron chi connectivity index (χ4n) is 3.28. The molecule has 3 aromatic rings. The molecular formula is C21H18BrN5O4S2. The smallest absolute Gasteiger partial charge is 0.270 e. The maximum atomic E-state index is 13.0. The zero-order chi connectivity index (χ0) is 23.4. The number of thiocarbonyl (C=S) groups is 1.